The van der Waals surface area contributed by atoms with Gasteiger partial charge in [0.15, 0.2) is 0 Å². The van der Waals surface area contributed by atoms with Crippen LogP contribution in [0.3, 0.4) is 0 Å². The maximum Gasteiger partial charge on any atom is 0.305 e. The van der Waals surface area contributed by atoms with E-state index >= 15 is 0 Å². The number of aryl methyl sites for hydroxylation is 1. The Balaban J connectivity index is 2.13. The third-order valence-corrected chi connectivity index (χ3v) is 2.69. The van der Waals surface area contributed by atoms with Crippen LogP contribution in [0.15, 0.2) is 24.3 Å². The number of carbonyl (C=O) groups excluding carboxylic acids is 1. The van der Waals surface area contributed by atoms with Crippen molar-refractivity contribution in [3.8, 4) is 0 Å². The van der Waals surface area contributed by atoms with Crippen LogP contribution in [0.25, 0.3) is 0 Å². The smallest absolute Gasteiger partial charge is 0.305 e. The molecule has 0 amide bonds. The lowest BCUT2D eigenvalue weighted by molar-refractivity contribution is -0.143. The van der Waals surface area contributed by atoms with Gasteiger partial charge in [-0.2, -0.15) is 0 Å². The molecule has 0 aliphatic carbocycles. The predicted octanol–water partition coefficient (Wildman–Crippen LogP) is 2.93. The highest BCUT2D eigenvalue weighted by Crippen LogP contribution is 2.14. The van der Waals surface area contributed by atoms with Gasteiger partial charge in [-0.05, 0) is 37.8 Å². The molecule has 0 unspecified atom stereocenters. The summed E-state index contributed by atoms with van der Waals surface area (Å²) >= 11 is 0. The fourth-order valence-electron chi connectivity index (χ4n) is 1.76. The second kappa shape index (κ2) is 7.71. The number of rotatable bonds is 7. The lowest BCUT2D eigenvalue weighted by Gasteiger charge is -2.05. The third kappa shape index (κ3) is 5.38. The number of nitrogens with two attached hydrogens (primary N) is 1. The summed E-state index contributed by atoms with van der Waals surface area (Å²) in [5.74, 6) is -0.0910. The minimum absolute atomic E-state index is 0.0910. The average Bonchev–Trinajstić information content (AvgIpc) is 2.31. The molecule has 0 spiro atoms. The van der Waals surface area contributed by atoms with Crippen molar-refractivity contribution in [2.45, 2.75) is 39.0 Å². The molecule has 0 aromatic heterocycles. The molecule has 2 N–H and O–H groups in total. The molecule has 0 bridgehead atoms. The number of nitrogen functional groups attached to an aromatic ring is 1. The van der Waals surface area contributed by atoms with E-state index < -0.39 is 0 Å². The van der Waals surface area contributed by atoms with Crippen molar-refractivity contribution in [1.29, 1.82) is 0 Å². The summed E-state index contributed by atoms with van der Waals surface area (Å²) in [7, 11) is 0. The van der Waals surface area contributed by atoms with Gasteiger partial charge in [0, 0.05) is 12.1 Å². The van der Waals surface area contributed by atoms with Crippen molar-refractivity contribution in [2.24, 2.45) is 0 Å². The maximum absolute atomic E-state index is 11.1. The number of hydrogen-bond donors (Lipinski definition) is 1. The fourth-order valence-corrected chi connectivity index (χ4v) is 1.76. The molecular formula is C14H21NO2. The van der Waals surface area contributed by atoms with E-state index in [2.05, 4.69) is 6.07 Å². The van der Waals surface area contributed by atoms with Crippen LogP contribution in [0.1, 0.15) is 38.2 Å². The van der Waals surface area contributed by atoms with Crippen molar-refractivity contribution < 1.29 is 9.53 Å². The lowest BCUT2D eigenvalue weighted by atomic mass is 10.0. The van der Waals surface area contributed by atoms with Gasteiger partial charge < -0.3 is 10.5 Å². The molecule has 0 heterocycles. The van der Waals surface area contributed by atoms with Gasteiger partial charge in [-0.3, -0.25) is 4.79 Å². The monoisotopic (exact) mass is 235 g/mol. The van der Waals surface area contributed by atoms with Gasteiger partial charge in [0.2, 0.25) is 0 Å². The standard InChI is InChI=1S/C14H21NO2/c1-2-17-14(16)11-5-3-4-8-12-9-6-7-10-13(12)15/h6-7,9-10H,2-5,8,11,15H2,1H3. The molecule has 0 aliphatic heterocycles. The van der Waals surface area contributed by atoms with Gasteiger partial charge in [0.05, 0.1) is 6.61 Å². The predicted molar refractivity (Wildman–Crippen MR) is 69.7 cm³/mol. The summed E-state index contributed by atoms with van der Waals surface area (Å²) in [5.41, 5.74) is 7.91. The van der Waals surface area contributed by atoms with Crippen molar-refractivity contribution >= 4 is 11.7 Å². The Labute approximate surface area is 103 Å². The van der Waals surface area contributed by atoms with E-state index in [1.165, 1.54) is 5.56 Å². The molecule has 94 valence electrons. The van der Waals surface area contributed by atoms with Crippen LogP contribution >= 0.6 is 0 Å². The summed E-state index contributed by atoms with van der Waals surface area (Å²) in [6.45, 7) is 2.30. The molecule has 0 saturated carbocycles. The molecule has 0 radical (unpaired) electrons. The second-order valence-corrected chi connectivity index (χ2v) is 4.06. The Morgan fingerprint density at radius 1 is 1.24 bits per heavy atom. The summed E-state index contributed by atoms with van der Waals surface area (Å²) in [5, 5.41) is 0. The highest BCUT2D eigenvalue weighted by molar-refractivity contribution is 5.69. The zero-order valence-corrected chi connectivity index (χ0v) is 10.4. The van der Waals surface area contributed by atoms with E-state index in [9.17, 15) is 4.79 Å². The quantitative estimate of drug-likeness (QED) is 0.449. The van der Waals surface area contributed by atoms with Crippen LogP contribution in [0, 0.1) is 0 Å². The molecule has 1 aromatic carbocycles. The first-order valence-electron chi connectivity index (χ1n) is 6.23. The Morgan fingerprint density at radius 2 is 2.00 bits per heavy atom. The topological polar surface area (TPSA) is 52.3 Å². The first-order chi connectivity index (χ1) is 8.24. The van der Waals surface area contributed by atoms with Crippen molar-refractivity contribution in [3.63, 3.8) is 0 Å². The highest BCUT2D eigenvalue weighted by atomic mass is 16.5. The first-order valence-corrected chi connectivity index (χ1v) is 6.23. The van der Waals surface area contributed by atoms with E-state index in [0.717, 1.165) is 31.4 Å². The number of anilines is 1. The normalized spacial score (nSPS) is 10.2. The summed E-state index contributed by atoms with van der Waals surface area (Å²) in [6.07, 6.45) is 4.50. The third-order valence-electron chi connectivity index (χ3n) is 2.69. The van der Waals surface area contributed by atoms with Crippen LogP contribution in [-0.4, -0.2) is 12.6 Å². The Hall–Kier alpha value is -1.51. The van der Waals surface area contributed by atoms with Crippen molar-refractivity contribution in [2.75, 3.05) is 12.3 Å². The fraction of sp³-hybridized carbons (Fsp3) is 0.500. The number of ether oxygens (including phenoxy) is 1. The van der Waals surface area contributed by atoms with Crippen LogP contribution in [0.4, 0.5) is 5.69 Å². The van der Waals surface area contributed by atoms with Gasteiger partial charge in [-0.15, -0.1) is 0 Å². The number of para-hydroxylation sites is 1. The number of benzene rings is 1. The Bertz CT molecular complexity index is 350. The first kappa shape index (κ1) is 13.6. The van der Waals surface area contributed by atoms with E-state index in [4.69, 9.17) is 10.5 Å². The van der Waals surface area contributed by atoms with Gasteiger partial charge in [0.25, 0.3) is 0 Å². The van der Waals surface area contributed by atoms with Gasteiger partial charge in [0.1, 0.15) is 0 Å². The molecule has 0 saturated heterocycles. The largest absolute Gasteiger partial charge is 0.466 e. The van der Waals surface area contributed by atoms with Gasteiger partial charge in [-0.25, -0.2) is 0 Å². The maximum atomic E-state index is 11.1. The minimum atomic E-state index is -0.0910. The van der Waals surface area contributed by atoms with E-state index in [0.29, 0.717) is 13.0 Å². The van der Waals surface area contributed by atoms with Crippen LogP contribution in [0.5, 0.6) is 0 Å². The number of hydrogen-bond acceptors (Lipinski definition) is 3. The van der Waals surface area contributed by atoms with Crippen LogP contribution < -0.4 is 5.73 Å². The SMILES string of the molecule is CCOC(=O)CCCCCc1ccccc1N. The highest BCUT2D eigenvalue weighted by Gasteiger charge is 2.01. The van der Waals surface area contributed by atoms with E-state index in [1.54, 1.807) is 0 Å². The zero-order valence-electron chi connectivity index (χ0n) is 10.4. The Kier molecular flexibility index (Phi) is 6.15. The molecule has 3 heteroatoms. The summed E-state index contributed by atoms with van der Waals surface area (Å²) in [6, 6.07) is 7.93. The molecule has 1 aromatic rings. The van der Waals surface area contributed by atoms with Crippen LogP contribution in [-0.2, 0) is 16.0 Å². The van der Waals surface area contributed by atoms with E-state index in [1.807, 2.05) is 25.1 Å². The van der Waals surface area contributed by atoms with E-state index in [-0.39, 0.29) is 5.97 Å². The summed E-state index contributed by atoms with van der Waals surface area (Å²) in [4.78, 5) is 11.1. The minimum Gasteiger partial charge on any atom is -0.466 e. The molecule has 0 fully saturated rings. The molecular weight excluding hydrogens is 214 g/mol. The molecule has 0 atom stereocenters. The van der Waals surface area contributed by atoms with Crippen molar-refractivity contribution in [3.05, 3.63) is 29.8 Å². The second-order valence-electron chi connectivity index (χ2n) is 4.06. The van der Waals surface area contributed by atoms with Crippen molar-refractivity contribution in [1.82, 2.24) is 0 Å². The number of unbranched alkanes of at least 4 members (excludes halogenated alkanes) is 2. The van der Waals surface area contributed by atoms with Crippen LogP contribution in [0.2, 0.25) is 0 Å². The Morgan fingerprint density at radius 3 is 2.71 bits per heavy atom. The zero-order chi connectivity index (χ0) is 12.5. The molecule has 3 nitrogen and oxygen atoms in total. The molecule has 1 rings (SSSR count). The average molecular weight is 235 g/mol. The lowest BCUT2D eigenvalue weighted by Crippen LogP contribution is -2.03. The summed E-state index contributed by atoms with van der Waals surface area (Å²) < 4.78 is 4.87. The van der Waals surface area contributed by atoms with Gasteiger partial charge in [-0.1, -0.05) is 24.6 Å². The number of carbonyl (C=O) groups is 1. The van der Waals surface area contributed by atoms with Gasteiger partial charge >= 0.3 is 5.97 Å². The molecule has 0 aliphatic rings. The molecule has 17 heavy (non-hydrogen) atoms. The number of esters is 1.